The van der Waals surface area contributed by atoms with Gasteiger partial charge >= 0.3 is 0 Å². The van der Waals surface area contributed by atoms with Crippen LogP contribution in [0.4, 0.5) is 0 Å². The molecule has 0 radical (unpaired) electrons. The molecule has 1 fully saturated rings. The maximum Gasteiger partial charge on any atom is 0.105 e. The Balaban J connectivity index is 2.40. The van der Waals surface area contributed by atoms with Gasteiger partial charge in [-0.2, -0.15) is 5.26 Å². The van der Waals surface area contributed by atoms with E-state index in [-0.39, 0.29) is 5.54 Å². The van der Waals surface area contributed by atoms with Crippen LogP contribution in [-0.2, 0) is 0 Å². The third-order valence-electron chi connectivity index (χ3n) is 4.00. The van der Waals surface area contributed by atoms with Crippen molar-refractivity contribution in [3.63, 3.8) is 0 Å². The standard InChI is InChI=1S/C14H28N4/c1-5-16-14(2,12-15)8-10-18(4)13-7-6-9-17(3)11-13/h13,16H,5-11H2,1-4H3. The average Bonchev–Trinajstić information content (AvgIpc) is 2.36. The lowest BCUT2D eigenvalue weighted by Gasteiger charge is -2.37. The summed E-state index contributed by atoms with van der Waals surface area (Å²) in [5, 5.41) is 12.5. The predicted molar refractivity (Wildman–Crippen MR) is 75.5 cm³/mol. The van der Waals surface area contributed by atoms with Crippen molar-refractivity contribution >= 4 is 0 Å². The molecular formula is C14H28N4. The third kappa shape index (κ3) is 4.56. The van der Waals surface area contributed by atoms with E-state index in [9.17, 15) is 5.26 Å². The number of nitrogens with one attached hydrogen (secondary N) is 1. The van der Waals surface area contributed by atoms with Crippen LogP contribution in [0.3, 0.4) is 0 Å². The minimum Gasteiger partial charge on any atom is -0.305 e. The second kappa shape index (κ2) is 7.08. The highest BCUT2D eigenvalue weighted by atomic mass is 15.2. The normalized spacial score (nSPS) is 24.8. The van der Waals surface area contributed by atoms with Gasteiger partial charge in [-0.3, -0.25) is 5.32 Å². The van der Waals surface area contributed by atoms with Crippen molar-refractivity contribution in [1.82, 2.24) is 15.1 Å². The molecule has 1 rings (SSSR count). The molecule has 0 aliphatic carbocycles. The van der Waals surface area contributed by atoms with Gasteiger partial charge in [0.05, 0.1) is 6.07 Å². The summed E-state index contributed by atoms with van der Waals surface area (Å²) in [6.45, 7) is 8.25. The molecule has 1 aliphatic rings. The Morgan fingerprint density at radius 3 is 2.83 bits per heavy atom. The van der Waals surface area contributed by atoms with Gasteiger partial charge in [0.15, 0.2) is 0 Å². The zero-order chi connectivity index (χ0) is 13.6. The molecule has 1 heterocycles. The summed E-state index contributed by atoms with van der Waals surface area (Å²) in [6.07, 6.45) is 3.45. The molecule has 0 aromatic carbocycles. The monoisotopic (exact) mass is 252 g/mol. The second-order valence-electron chi connectivity index (χ2n) is 5.76. The van der Waals surface area contributed by atoms with Gasteiger partial charge in [0.2, 0.25) is 0 Å². The smallest absolute Gasteiger partial charge is 0.105 e. The van der Waals surface area contributed by atoms with Crippen molar-refractivity contribution in [1.29, 1.82) is 5.26 Å². The Kier molecular flexibility index (Phi) is 6.07. The fourth-order valence-corrected chi connectivity index (χ4v) is 2.66. The van der Waals surface area contributed by atoms with Crippen molar-refractivity contribution in [3.8, 4) is 6.07 Å². The predicted octanol–water partition coefficient (Wildman–Crippen LogP) is 1.29. The van der Waals surface area contributed by atoms with Crippen molar-refractivity contribution in [2.45, 2.75) is 44.7 Å². The lowest BCUT2D eigenvalue weighted by atomic mass is 9.98. The Hall–Kier alpha value is -0.630. The van der Waals surface area contributed by atoms with E-state index in [1.165, 1.54) is 19.4 Å². The minimum absolute atomic E-state index is 0.385. The third-order valence-corrected chi connectivity index (χ3v) is 4.00. The van der Waals surface area contributed by atoms with Crippen LogP contribution in [0.5, 0.6) is 0 Å². The van der Waals surface area contributed by atoms with Crippen molar-refractivity contribution in [2.24, 2.45) is 0 Å². The molecule has 18 heavy (non-hydrogen) atoms. The maximum atomic E-state index is 9.24. The van der Waals surface area contributed by atoms with E-state index in [0.717, 1.165) is 26.1 Å². The lowest BCUT2D eigenvalue weighted by molar-refractivity contribution is 0.128. The van der Waals surface area contributed by atoms with Crippen molar-refractivity contribution in [2.75, 3.05) is 40.3 Å². The molecule has 0 saturated carbocycles. The van der Waals surface area contributed by atoms with Gasteiger partial charge < -0.3 is 9.80 Å². The van der Waals surface area contributed by atoms with E-state index in [4.69, 9.17) is 0 Å². The van der Waals surface area contributed by atoms with Crippen LogP contribution in [0.1, 0.15) is 33.1 Å². The van der Waals surface area contributed by atoms with Crippen molar-refractivity contribution in [3.05, 3.63) is 0 Å². The van der Waals surface area contributed by atoms with Crippen LogP contribution >= 0.6 is 0 Å². The highest BCUT2D eigenvalue weighted by Crippen LogP contribution is 2.16. The van der Waals surface area contributed by atoms with E-state index in [1.54, 1.807) is 0 Å². The number of likely N-dealkylation sites (N-methyl/N-ethyl adjacent to an activating group) is 2. The summed E-state index contributed by atoms with van der Waals surface area (Å²) >= 11 is 0. The number of rotatable bonds is 6. The van der Waals surface area contributed by atoms with Crippen LogP contribution in [0, 0.1) is 11.3 Å². The Labute approximate surface area is 112 Å². The zero-order valence-corrected chi connectivity index (χ0v) is 12.4. The second-order valence-corrected chi connectivity index (χ2v) is 5.76. The van der Waals surface area contributed by atoms with E-state index in [1.807, 2.05) is 6.92 Å². The van der Waals surface area contributed by atoms with Crippen molar-refractivity contribution < 1.29 is 0 Å². The number of hydrogen-bond donors (Lipinski definition) is 1. The highest BCUT2D eigenvalue weighted by Gasteiger charge is 2.26. The van der Waals surface area contributed by atoms with Crippen LogP contribution in [-0.4, -0.2) is 61.7 Å². The molecule has 4 heteroatoms. The van der Waals surface area contributed by atoms with Crippen LogP contribution in [0.25, 0.3) is 0 Å². The fraction of sp³-hybridized carbons (Fsp3) is 0.929. The summed E-state index contributed by atoms with van der Waals surface area (Å²) < 4.78 is 0. The first kappa shape index (κ1) is 15.4. The van der Waals surface area contributed by atoms with Gasteiger partial charge in [0.25, 0.3) is 0 Å². The largest absolute Gasteiger partial charge is 0.305 e. The number of nitrogens with zero attached hydrogens (tertiary/aromatic N) is 3. The summed E-state index contributed by atoms with van der Waals surface area (Å²) in [5.74, 6) is 0. The molecule has 0 spiro atoms. The van der Waals surface area contributed by atoms with Crippen LogP contribution < -0.4 is 5.32 Å². The molecule has 1 saturated heterocycles. The number of likely N-dealkylation sites (tertiary alicyclic amines) is 1. The number of piperidine rings is 1. The summed E-state index contributed by atoms with van der Waals surface area (Å²) in [7, 11) is 4.38. The van der Waals surface area contributed by atoms with E-state index < -0.39 is 0 Å². The van der Waals surface area contributed by atoms with E-state index in [2.05, 4.69) is 42.2 Å². The minimum atomic E-state index is -0.385. The van der Waals surface area contributed by atoms with Gasteiger partial charge in [-0.15, -0.1) is 0 Å². The molecule has 2 atom stereocenters. The number of hydrogen-bond acceptors (Lipinski definition) is 4. The van der Waals surface area contributed by atoms with Gasteiger partial charge in [-0.05, 0) is 53.4 Å². The first-order valence-corrected chi connectivity index (χ1v) is 7.06. The molecular weight excluding hydrogens is 224 g/mol. The van der Waals surface area contributed by atoms with Gasteiger partial charge in [0, 0.05) is 19.1 Å². The molecule has 2 unspecified atom stereocenters. The summed E-state index contributed by atoms with van der Waals surface area (Å²) in [6, 6.07) is 3.04. The van der Waals surface area contributed by atoms with E-state index >= 15 is 0 Å². The molecule has 4 nitrogen and oxygen atoms in total. The molecule has 1 aliphatic heterocycles. The summed E-state index contributed by atoms with van der Waals surface area (Å²) in [4.78, 5) is 4.82. The Bertz CT molecular complexity index is 286. The molecule has 0 aromatic rings. The molecule has 104 valence electrons. The van der Waals surface area contributed by atoms with Gasteiger partial charge in [0.1, 0.15) is 5.54 Å². The fourth-order valence-electron chi connectivity index (χ4n) is 2.66. The number of nitriles is 1. The summed E-state index contributed by atoms with van der Waals surface area (Å²) in [5.41, 5.74) is -0.385. The van der Waals surface area contributed by atoms with Crippen LogP contribution in [0.2, 0.25) is 0 Å². The first-order chi connectivity index (χ1) is 8.50. The molecule has 0 amide bonds. The Morgan fingerprint density at radius 1 is 1.56 bits per heavy atom. The topological polar surface area (TPSA) is 42.3 Å². The average molecular weight is 252 g/mol. The quantitative estimate of drug-likeness (QED) is 0.773. The molecule has 0 aromatic heterocycles. The highest BCUT2D eigenvalue weighted by molar-refractivity contribution is 5.03. The lowest BCUT2D eigenvalue weighted by Crippen LogP contribution is -2.48. The van der Waals surface area contributed by atoms with E-state index in [0.29, 0.717) is 6.04 Å². The molecule has 1 N–H and O–H groups in total. The van der Waals surface area contributed by atoms with Gasteiger partial charge in [-0.25, -0.2) is 0 Å². The Morgan fingerprint density at radius 2 is 2.28 bits per heavy atom. The van der Waals surface area contributed by atoms with Gasteiger partial charge in [-0.1, -0.05) is 6.92 Å². The SMILES string of the molecule is CCNC(C)(C#N)CCN(C)C1CCCN(C)C1. The van der Waals surface area contributed by atoms with Crippen LogP contribution in [0.15, 0.2) is 0 Å². The first-order valence-electron chi connectivity index (χ1n) is 7.06. The molecule has 0 bridgehead atoms. The zero-order valence-electron chi connectivity index (χ0n) is 12.4. The maximum absolute atomic E-state index is 9.24.